The average Bonchev–Trinajstić information content (AvgIpc) is 3.27. The first-order chi connectivity index (χ1) is 17.8. The molecule has 0 spiro atoms. The van der Waals surface area contributed by atoms with Crippen LogP contribution in [0.5, 0.6) is 11.5 Å². The van der Waals surface area contributed by atoms with Gasteiger partial charge in [-0.05, 0) is 65.5 Å². The van der Waals surface area contributed by atoms with Gasteiger partial charge in [0.2, 0.25) is 11.1 Å². The average molecular weight is 608 g/mol. The van der Waals surface area contributed by atoms with Crippen LogP contribution >= 0.6 is 39.3 Å². The van der Waals surface area contributed by atoms with Crippen LogP contribution < -0.4 is 10.1 Å². The predicted octanol–water partition coefficient (Wildman–Crippen LogP) is 6.72. The molecule has 4 rings (SSSR count). The minimum atomic E-state index is -0.649. The fourth-order valence-corrected chi connectivity index (χ4v) is 5.50. The number of esters is 1. The number of allylic oxidation sites excluding steroid dienone is 1. The Morgan fingerprint density at radius 3 is 2.81 bits per heavy atom. The summed E-state index contributed by atoms with van der Waals surface area (Å²) in [6, 6.07) is 10.5. The molecule has 8 nitrogen and oxygen atoms in total. The molecule has 0 radical (unpaired) electrons. The number of carbonyl (C=O) groups excluding carboxylic acids is 1. The maximum Gasteiger partial charge on any atom is 0.338 e. The van der Waals surface area contributed by atoms with E-state index in [1.165, 1.54) is 11.8 Å². The zero-order valence-corrected chi connectivity index (χ0v) is 23.9. The van der Waals surface area contributed by atoms with Gasteiger partial charge in [-0.15, -0.1) is 5.10 Å². The zero-order chi connectivity index (χ0) is 26.5. The molecule has 2 heterocycles. The second kappa shape index (κ2) is 12.2. The number of ether oxygens (including phenoxy) is 2. The van der Waals surface area contributed by atoms with Crippen LogP contribution in [0.15, 0.2) is 57.3 Å². The second-order valence-electron chi connectivity index (χ2n) is 8.38. The van der Waals surface area contributed by atoms with Gasteiger partial charge in [0, 0.05) is 16.5 Å². The number of nitrogens with zero attached hydrogens (tertiary/aromatic N) is 3. The van der Waals surface area contributed by atoms with Crippen LogP contribution in [0, 0.1) is 0 Å². The molecule has 11 heteroatoms. The van der Waals surface area contributed by atoms with Gasteiger partial charge in [-0.2, -0.15) is 4.98 Å². The Morgan fingerprint density at radius 1 is 1.30 bits per heavy atom. The minimum Gasteiger partial charge on any atom is -0.503 e. The van der Waals surface area contributed by atoms with E-state index in [0.29, 0.717) is 62.1 Å². The molecular formula is C26H28BrClN4O4S. The molecule has 1 unspecified atom stereocenters. The lowest BCUT2D eigenvalue weighted by Gasteiger charge is -2.28. The van der Waals surface area contributed by atoms with Crippen molar-refractivity contribution < 1.29 is 19.4 Å². The summed E-state index contributed by atoms with van der Waals surface area (Å²) in [7, 11) is 0. The van der Waals surface area contributed by atoms with Gasteiger partial charge in [0.15, 0.2) is 11.5 Å². The Kier molecular flexibility index (Phi) is 9.04. The molecule has 0 saturated heterocycles. The highest BCUT2D eigenvalue weighted by atomic mass is 79.9. The van der Waals surface area contributed by atoms with Crippen molar-refractivity contribution >= 4 is 51.2 Å². The van der Waals surface area contributed by atoms with E-state index < -0.39 is 12.0 Å². The van der Waals surface area contributed by atoms with Gasteiger partial charge in [0.25, 0.3) is 0 Å². The number of thioether (sulfide) groups is 1. The minimum absolute atomic E-state index is 0.0119. The number of anilines is 1. The van der Waals surface area contributed by atoms with Crippen molar-refractivity contribution in [2.75, 3.05) is 18.5 Å². The van der Waals surface area contributed by atoms with Gasteiger partial charge in [0.1, 0.15) is 6.04 Å². The van der Waals surface area contributed by atoms with Crippen LogP contribution in [0.1, 0.15) is 50.8 Å². The van der Waals surface area contributed by atoms with Crippen LogP contribution in [0.25, 0.3) is 0 Å². The van der Waals surface area contributed by atoms with Crippen molar-refractivity contribution in [3.8, 4) is 11.5 Å². The Labute approximate surface area is 233 Å². The van der Waals surface area contributed by atoms with Gasteiger partial charge in [0.05, 0.1) is 23.3 Å². The summed E-state index contributed by atoms with van der Waals surface area (Å²) in [5.74, 6) is 0.943. The van der Waals surface area contributed by atoms with Gasteiger partial charge in [-0.1, -0.05) is 54.9 Å². The van der Waals surface area contributed by atoms with E-state index >= 15 is 0 Å². The van der Waals surface area contributed by atoms with Gasteiger partial charge >= 0.3 is 5.97 Å². The fourth-order valence-electron chi connectivity index (χ4n) is 3.93. The number of carbonyl (C=O) groups is 1. The number of nitrogens with one attached hydrogen (secondary N) is 1. The highest BCUT2D eigenvalue weighted by molar-refractivity contribution is 9.10. The molecule has 0 fully saturated rings. The molecule has 2 N–H and O–H groups in total. The number of aromatic hydroxyl groups is 1. The van der Waals surface area contributed by atoms with E-state index in [-0.39, 0.29) is 5.75 Å². The molecule has 3 aromatic rings. The van der Waals surface area contributed by atoms with Crippen LogP contribution in [0.3, 0.4) is 0 Å². The number of fused-ring (bicyclic) bond motifs is 1. The molecule has 1 aliphatic heterocycles. The summed E-state index contributed by atoms with van der Waals surface area (Å²) in [4.78, 5) is 18.0. The largest absolute Gasteiger partial charge is 0.503 e. The maximum atomic E-state index is 13.3. The van der Waals surface area contributed by atoms with Gasteiger partial charge in [-0.25, -0.2) is 9.48 Å². The first-order valence-corrected chi connectivity index (χ1v) is 14.1. The van der Waals surface area contributed by atoms with E-state index in [4.69, 9.17) is 26.2 Å². The van der Waals surface area contributed by atoms with Crippen molar-refractivity contribution in [3.63, 3.8) is 0 Å². The number of phenolic OH excluding ortho intramolecular Hbond substituents is 1. The molecule has 1 atom stereocenters. The number of unbranched alkanes of at least 4 members (excludes halogenated alkanes) is 1. The molecule has 1 aliphatic rings. The third kappa shape index (κ3) is 6.08. The SMILES string of the molecule is CCCCOC(=O)C1=C(C)Nc2nc(SCc3ccccc3Cl)nn2C1c1cc(Br)c(O)c(OCC)c1. The van der Waals surface area contributed by atoms with Crippen LogP contribution in [-0.2, 0) is 15.3 Å². The fraction of sp³-hybridized carbons (Fsp3) is 0.346. The predicted molar refractivity (Wildman–Crippen MR) is 148 cm³/mol. The number of hydrogen-bond acceptors (Lipinski definition) is 8. The smallest absolute Gasteiger partial charge is 0.338 e. The molecule has 0 bridgehead atoms. The first kappa shape index (κ1) is 27.3. The summed E-state index contributed by atoms with van der Waals surface area (Å²) in [6.45, 7) is 6.38. The second-order valence-corrected chi connectivity index (χ2v) is 10.6. The monoisotopic (exact) mass is 606 g/mol. The molecular weight excluding hydrogens is 580 g/mol. The van der Waals surface area contributed by atoms with Crippen molar-refractivity contribution in [2.45, 2.75) is 50.6 Å². The summed E-state index contributed by atoms with van der Waals surface area (Å²) in [6.07, 6.45) is 1.68. The van der Waals surface area contributed by atoms with E-state index in [1.54, 1.807) is 16.8 Å². The van der Waals surface area contributed by atoms with E-state index in [2.05, 4.69) is 26.2 Å². The summed E-state index contributed by atoms with van der Waals surface area (Å²) < 4.78 is 13.4. The lowest BCUT2D eigenvalue weighted by molar-refractivity contribution is -0.139. The Bertz CT molecular complexity index is 1330. The van der Waals surface area contributed by atoms with E-state index in [9.17, 15) is 9.90 Å². The van der Waals surface area contributed by atoms with Crippen LogP contribution in [0.4, 0.5) is 5.95 Å². The molecule has 37 heavy (non-hydrogen) atoms. The summed E-state index contributed by atoms with van der Waals surface area (Å²) in [5.41, 5.74) is 2.70. The van der Waals surface area contributed by atoms with Gasteiger partial charge in [-0.3, -0.25) is 0 Å². The number of rotatable bonds is 10. The molecule has 0 saturated carbocycles. The zero-order valence-electron chi connectivity index (χ0n) is 20.8. The summed E-state index contributed by atoms with van der Waals surface area (Å²) >= 11 is 11.2. The molecule has 0 amide bonds. The normalized spacial score (nSPS) is 14.8. The van der Waals surface area contributed by atoms with E-state index in [0.717, 1.165) is 18.4 Å². The number of phenols is 1. The summed E-state index contributed by atoms with van der Waals surface area (Å²) in [5, 5.41) is 19.7. The van der Waals surface area contributed by atoms with Crippen molar-refractivity contribution in [2.24, 2.45) is 0 Å². The number of hydrogen-bond donors (Lipinski definition) is 2. The Morgan fingerprint density at radius 2 is 2.08 bits per heavy atom. The third-order valence-corrected chi connectivity index (χ3v) is 7.62. The molecule has 1 aromatic heterocycles. The Balaban J connectivity index is 1.74. The molecule has 2 aromatic carbocycles. The number of benzene rings is 2. The van der Waals surface area contributed by atoms with E-state index in [1.807, 2.05) is 45.0 Å². The number of aromatic nitrogens is 3. The van der Waals surface area contributed by atoms with Crippen molar-refractivity contribution in [1.82, 2.24) is 14.8 Å². The quantitative estimate of drug-likeness (QED) is 0.149. The van der Waals surface area contributed by atoms with Gasteiger partial charge < -0.3 is 19.9 Å². The highest BCUT2D eigenvalue weighted by Crippen LogP contribution is 2.43. The van der Waals surface area contributed by atoms with Crippen molar-refractivity contribution in [3.05, 3.63) is 68.3 Å². The third-order valence-electron chi connectivity index (χ3n) is 5.77. The number of halogens is 2. The van der Waals surface area contributed by atoms with Crippen LogP contribution in [0.2, 0.25) is 5.02 Å². The standard InChI is InChI=1S/C26H28BrClN4O4S/c1-4-6-11-36-24(34)21-15(3)29-25-30-26(37-14-16-9-7-8-10-19(16)28)31-32(25)22(21)17-12-18(27)23(33)20(13-17)35-5-2/h7-10,12-13,22,33H,4-6,11,14H2,1-3H3,(H,29,30,31). The van der Waals surface area contributed by atoms with Crippen LogP contribution in [-0.4, -0.2) is 39.1 Å². The molecule has 0 aliphatic carbocycles. The lowest BCUT2D eigenvalue weighted by Crippen LogP contribution is -2.30. The first-order valence-electron chi connectivity index (χ1n) is 12.0. The topological polar surface area (TPSA) is 98.5 Å². The Hall–Kier alpha value is -2.69. The highest BCUT2D eigenvalue weighted by Gasteiger charge is 2.36. The van der Waals surface area contributed by atoms with Crippen molar-refractivity contribution in [1.29, 1.82) is 0 Å². The maximum absolute atomic E-state index is 13.3. The lowest BCUT2D eigenvalue weighted by atomic mass is 9.95. The molecule has 196 valence electrons.